The van der Waals surface area contributed by atoms with Gasteiger partial charge in [0.15, 0.2) is 8.11 Å². The van der Waals surface area contributed by atoms with E-state index in [-0.39, 0.29) is 8.11 Å². The van der Waals surface area contributed by atoms with Crippen LogP contribution in [0.25, 0.3) is 0 Å². The quantitative estimate of drug-likeness (QED) is 0.338. The number of rotatable bonds is 0. The molecular weight excluding hydrogens is 112 g/mol. The minimum atomic E-state index is -0.285. The Kier molecular flexibility index (Phi) is 1.54. The second-order valence-corrected chi connectivity index (χ2v) is 5.36. The van der Waals surface area contributed by atoms with E-state index in [1.807, 2.05) is 0 Å². The summed E-state index contributed by atoms with van der Waals surface area (Å²) >= 11 is 5.81. The zero-order valence-corrected chi connectivity index (χ0v) is 5.46. The number of hydrogen-bond donors (Lipinski definition) is 0. The van der Waals surface area contributed by atoms with Gasteiger partial charge in [0.25, 0.3) is 0 Å². The highest BCUT2D eigenvalue weighted by Gasteiger charge is 2.12. The van der Waals surface area contributed by atoms with Crippen LogP contribution in [0.4, 0.5) is 0 Å². The summed E-state index contributed by atoms with van der Waals surface area (Å²) in [5, 5.41) is 0. The highest BCUT2D eigenvalue weighted by molar-refractivity contribution is 7.07. The van der Waals surface area contributed by atoms with Gasteiger partial charge in [-0.1, -0.05) is 12.8 Å². The molecule has 1 aliphatic heterocycles. The maximum absolute atomic E-state index is 5.81. The maximum Gasteiger partial charge on any atom is 0.165 e. The van der Waals surface area contributed by atoms with E-state index in [1.165, 1.54) is 24.9 Å². The van der Waals surface area contributed by atoms with Gasteiger partial charge in [-0.3, -0.25) is 0 Å². The van der Waals surface area contributed by atoms with Gasteiger partial charge in [-0.2, -0.15) is 11.1 Å². The van der Waals surface area contributed by atoms with E-state index >= 15 is 0 Å². The third-order valence-corrected chi connectivity index (χ3v) is 4.07. The van der Waals surface area contributed by atoms with Crippen LogP contribution in [0.2, 0.25) is 12.1 Å². The van der Waals surface area contributed by atoms with Crippen molar-refractivity contribution in [1.29, 1.82) is 0 Å². The molecule has 1 fully saturated rings. The van der Waals surface area contributed by atoms with Crippen LogP contribution in [-0.4, -0.2) is 8.11 Å². The van der Waals surface area contributed by atoms with Gasteiger partial charge >= 0.3 is 0 Å². The Morgan fingerprint density at radius 2 is 1.67 bits per heavy atom. The van der Waals surface area contributed by atoms with Crippen molar-refractivity contribution in [2.75, 3.05) is 0 Å². The van der Waals surface area contributed by atoms with Gasteiger partial charge in [-0.25, -0.2) is 0 Å². The van der Waals surface area contributed by atoms with Crippen molar-refractivity contribution in [2.24, 2.45) is 0 Å². The summed E-state index contributed by atoms with van der Waals surface area (Å²) in [4.78, 5) is 0. The second kappa shape index (κ2) is 1.98. The fourth-order valence-electron chi connectivity index (χ4n) is 0.759. The van der Waals surface area contributed by atoms with E-state index in [2.05, 4.69) is 0 Å². The van der Waals surface area contributed by atoms with E-state index < -0.39 is 0 Å². The monoisotopic (exact) mass is 119 g/mol. The highest BCUT2D eigenvalue weighted by Crippen LogP contribution is 2.20. The molecule has 1 heterocycles. The Morgan fingerprint density at radius 1 is 1.17 bits per heavy atom. The van der Waals surface area contributed by atoms with Crippen LogP contribution < -0.4 is 0 Å². The minimum Gasteiger partial charge on any atom is -0.169 e. The Morgan fingerprint density at radius 3 is 1.83 bits per heavy atom. The number of halogens is 1. The van der Waals surface area contributed by atoms with Crippen molar-refractivity contribution >= 4 is 19.2 Å². The normalized spacial score (nSPS) is 25.5. The van der Waals surface area contributed by atoms with Gasteiger partial charge in [0.2, 0.25) is 0 Å². The zero-order chi connectivity index (χ0) is 4.41. The summed E-state index contributed by atoms with van der Waals surface area (Å²) in [6, 6.07) is 2.71. The standard InChI is InChI=1S/C4H8ClSi/c5-6-3-1-2-4-6/h1-4H2. The molecule has 1 radical (unpaired) electrons. The molecule has 0 unspecified atom stereocenters. The van der Waals surface area contributed by atoms with Crippen molar-refractivity contribution in [2.45, 2.75) is 24.9 Å². The van der Waals surface area contributed by atoms with Crippen LogP contribution in [0.3, 0.4) is 0 Å². The van der Waals surface area contributed by atoms with Crippen molar-refractivity contribution in [3.63, 3.8) is 0 Å². The van der Waals surface area contributed by atoms with Crippen LogP contribution >= 0.6 is 11.1 Å². The predicted octanol–water partition coefficient (Wildman–Crippen LogP) is 2.01. The average molecular weight is 120 g/mol. The molecule has 0 aromatic heterocycles. The summed E-state index contributed by atoms with van der Waals surface area (Å²) in [7, 11) is -0.285. The fourth-order valence-corrected chi connectivity index (χ4v) is 3.08. The third-order valence-electron chi connectivity index (χ3n) is 1.15. The maximum atomic E-state index is 5.81. The van der Waals surface area contributed by atoms with E-state index in [0.29, 0.717) is 0 Å². The Bertz CT molecular complexity index is 40.8. The van der Waals surface area contributed by atoms with Gasteiger partial charge in [0, 0.05) is 0 Å². The lowest BCUT2D eigenvalue weighted by Crippen LogP contribution is -1.89. The minimum absolute atomic E-state index is 0.285. The molecule has 0 saturated carbocycles. The highest BCUT2D eigenvalue weighted by atomic mass is 35.6. The van der Waals surface area contributed by atoms with Crippen molar-refractivity contribution < 1.29 is 0 Å². The van der Waals surface area contributed by atoms with Crippen molar-refractivity contribution in [1.82, 2.24) is 0 Å². The summed E-state index contributed by atoms with van der Waals surface area (Å²) in [5.41, 5.74) is 0. The first-order valence-electron chi connectivity index (χ1n) is 2.40. The van der Waals surface area contributed by atoms with Crippen molar-refractivity contribution in [3.05, 3.63) is 0 Å². The number of hydrogen-bond acceptors (Lipinski definition) is 0. The molecule has 1 aliphatic rings. The fraction of sp³-hybridized carbons (Fsp3) is 1.00. The van der Waals surface area contributed by atoms with Gasteiger partial charge in [0.1, 0.15) is 0 Å². The molecule has 35 valence electrons. The predicted molar refractivity (Wildman–Crippen MR) is 30.5 cm³/mol. The topological polar surface area (TPSA) is 0 Å². The summed E-state index contributed by atoms with van der Waals surface area (Å²) < 4.78 is 0. The van der Waals surface area contributed by atoms with Gasteiger partial charge in [-0.15, -0.1) is 0 Å². The molecule has 0 atom stereocenters. The third kappa shape index (κ3) is 0.984. The SMILES string of the molecule is Cl[Si]1CCCC1. The lowest BCUT2D eigenvalue weighted by molar-refractivity contribution is 0.935. The second-order valence-electron chi connectivity index (χ2n) is 1.72. The molecular formula is C4H8ClSi. The van der Waals surface area contributed by atoms with Crippen LogP contribution in [-0.2, 0) is 0 Å². The molecule has 0 amide bonds. The molecule has 0 aliphatic carbocycles. The van der Waals surface area contributed by atoms with Crippen LogP contribution in [0, 0.1) is 0 Å². The first-order valence-corrected chi connectivity index (χ1v) is 5.32. The zero-order valence-electron chi connectivity index (χ0n) is 3.71. The van der Waals surface area contributed by atoms with Crippen molar-refractivity contribution in [3.8, 4) is 0 Å². The van der Waals surface area contributed by atoms with Gasteiger partial charge in [0.05, 0.1) is 0 Å². The van der Waals surface area contributed by atoms with E-state index in [0.717, 1.165) is 0 Å². The first-order chi connectivity index (χ1) is 2.89. The molecule has 0 aromatic rings. The molecule has 6 heavy (non-hydrogen) atoms. The Balaban J connectivity index is 2.18. The Labute approximate surface area is 44.8 Å². The van der Waals surface area contributed by atoms with E-state index in [4.69, 9.17) is 11.1 Å². The van der Waals surface area contributed by atoms with Crippen LogP contribution in [0.15, 0.2) is 0 Å². The van der Waals surface area contributed by atoms with Crippen LogP contribution in [0.5, 0.6) is 0 Å². The molecule has 0 spiro atoms. The molecule has 1 saturated heterocycles. The molecule has 1 rings (SSSR count). The molecule has 2 heteroatoms. The van der Waals surface area contributed by atoms with Gasteiger partial charge < -0.3 is 0 Å². The summed E-state index contributed by atoms with van der Waals surface area (Å²) in [6.45, 7) is 0. The summed E-state index contributed by atoms with van der Waals surface area (Å²) in [6.07, 6.45) is 2.80. The Hall–Kier alpha value is 0.507. The lowest BCUT2D eigenvalue weighted by Gasteiger charge is -1.83. The largest absolute Gasteiger partial charge is 0.169 e. The molecule has 0 bridgehead atoms. The molecule has 0 nitrogen and oxygen atoms in total. The van der Waals surface area contributed by atoms with E-state index in [1.54, 1.807) is 0 Å². The first kappa shape index (κ1) is 4.66. The van der Waals surface area contributed by atoms with Crippen LogP contribution in [0.1, 0.15) is 12.8 Å². The smallest absolute Gasteiger partial charge is 0.165 e. The molecule has 0 N–H and O–H groups in total. The van der Waals surface area contributed by atoms with Gasteiger partial charge in [-0.05, 0) is 12.1 Å². The lowest BCUT2D eigenvalue weighted by atomic mass is 10.4. The molecule has 0 aromatic carbocycles. The average Bonchev–Trinajstić information content (AvgIpc) is 1.86. The van der Waals surface area contributed by atoms with E-state index in [9.17, 15) is 0 Å². The summed E-state index contributed by atoms with van der Waals surface area (Å²) in [5.74, 6) is 0.